The Kier molecular flexibility index (Phi) is 5.12. The molecule has 0 saturated carbocycles. The number of hydrogen-bond acceptors (Lipinski definition) is 0. The predicted octanol–water partition coefficient (Wildman–Crippen LogP) is 7.26. The normalized spacial score (nSPS) is 11.8. The van der Waals surface area contributed by atoms with Crippen LogP contribution in [0.15, 0.2) is 60.7 Å². The highest BCUT2D eigenvalue weighted by Crippen LogP contribution is 2.32. The third kappa shape index (κ3) is 4.22. The van der Waals surface area contributed by atoms with Gasteiger partial charge in [0.1, 0.15) is 0 Å². The Balaban J connectivity index is 1.84. The first-order chi connectivity index (χ1) is 12.0. The summed E-state index contributed by atoms with van der Waals surface area (Å²) in [6.07, 6.45) is 0.446. The first kappa shape index (κ1) is 17.5. The fourth-order valence-corrected chi connectivity index (χ4v) is 3.06. The smallest absolute Gasteiger partial charge is 0.166 e. The molecule has 130 valence electrons. The van der Waals surface area contributed by atoms with Crippen LogP contribution in [0.3, 0.4) is 0 Å². The number of rotatable bonds is 5. The van der Waals surface area contributed by atoms with Gasteiger partial charge >= 0.3 is 6.18 Å². The fraction of sp³-hybridized carbons (Fsp3) is 0.273. The SMILES string of the molecule is CCCCCc1ccc2cc(-c3ccc(C(F)(F)F)cc3)ccc2c1. The van der Waals surface area contributed by atoms with Crippen LogP contribution in [0, 0.1) is 0 Å². The van der Waals surface area contributed by atoms with Crippen molar-refractivity contribution in [2.75, 3.05) is 0 Å². The second-order valence-corrected chi connectivity index (χ2v) is 6.43. The van der Waals surface area contributed by atoms with Crippen LogP contribution in [-0.4, -0.2) is 0 Å². The molecule has 0 aromatic heterocycles. The van der Waals surface area contributed by atoms with Crippen molar-refractivity contribution in [3.05, 3.63) is 71.8 Å². The summed E-state index contributed by atoms with van der Waals surface area (Å²) < 4.78 is 38.0. The summed E-state index contributed by atoms with van der Waals surface area (Å²) in [7, 11) is 0. The fourth-order valence-electron chi connectivity index (χ4n) is 3.06. The van der Waals surface area contributed by atoms with E-state index in [1.807, 2.05) is 18.2 Å². The molecule has 0 bridgehead atoms. The molecule has 0 saturated heterocycles. The molecule has 0 unspecified atom stereocenters. The highest BCUT2D eigenvalue weighted by Gasteiger charge is 2.29. The lowest BCUT2D eigenvalue weighted by Crippen LogP contribution is -2.03. The molecular weight excluding hydrogens is 321 g/mol. The summed E-state index contributed by atoms with van der Waals surface area (Å²) in [6, 6.07) is 17.8. The summed E-state index contributed by atoms with van der Waals surface area (Å²) in [4.78, 5) is 0. The van der Waals surface area contributed by atoms with Crippen molar-refractivity contribution in [3.8, 4) is 11.1 Å². The Bertz CT molecular complexity index is 845. The van der Waals surface area contributed by atoms with Crippen molar-refractivity contribution in [1.82, 2.24) is 0 Å². The number of alkyl halides is 3. The van der Waals surface area contributed by atoms with E-state index < -0.39 is 11.7 Å². The lowest BCUT2D eigenvalue weighted by Gasteiger charge is -2.09. The molecule has 0 atom stereocenters. The first-order valence-corrected chi connectivity index (χ1v) is 8.68. The van der Waals surface area contributed by atoms with Crippen molar-refractivity contribution in [1.29, 1.82) is 0 Å². The van der Waals surface area contributed by atoms with Crippen molar-refractivity contribution < 1.29 is 13.2 Å². The van der Waals surface area contributed by atoms with Crippen LogP contribution in [0.25, 0.3) is 21.9 Å². The van der Waals surface area contributed by atoms with Gasteiger partial charge in [-0.15, -0.1) is 0 Å². The van der Waals surface area contributed by atoms with Gasteiger partial charge in [0.25, 0.3) is 0 Å². The number of unbranched alkanes of at least 4 members (excludes halogenated alkanes) is 2. The van der Waals surface area contributed by atoms with E-state index in [0.29, 0.717) is 0 Å². The lowest BCUT2D eigenvalue weighted by atomic mass is 9.98. The van der Waals surface area contributed by atoms with E-state index in [4.69, 9.17) is 0 Å². The molecule has 0 aliphatic heterocycles. The zero-order valence-electron chi connectivity index (χ0n) is 14.2. The van der Waals surface area contributed by atoms with Crippen molar-refractivity contribution >= 4 is 10.8 Å². The monoisotopic (exact) mass is 342 g/mol. The molecular formula is C22H21F3. The third-order valence-corrected chi connectivity index (χ3v) is 4.52. The Morgan fingerprint density at radius 2 is 1.36 bits per heavy atom. The molecule has 0 heterocycles. The Morgan fingerprint density at radius 3 is 2.04 bits per heavy atom. The van der Waals surface area contributed by atoms with E-state index in [1.165, 1.54) is 42.3 Å². The average molecular weight is 342 g/mol. The zero-order chi connectivity index (χ0) is 17.9. The maximum atomic E-state index is 12.7. The molecule has 3 aromatic carbocycles. The highest BCUT2D eigenvalue weighted by molar-refractivity contribution is 5.87. The van der Waals surface area contributed by atoms with Gasteiger partial charge < -0.3 is 0 Å². The van der Waals surface area contributed by atoms with Crippen LogP contribution < -0.4 is 0 Å². The maximum absolute atomic E-state index is 12.7. The molecule has 0 N–H and O–H groups in total. The zero-order valence-corrected chi connectivity index (χ0v) is 14.2. The van der Waals surface area contributed by atoms with Crippen molar-refractivity contribution in [3.63, 3.8) is 0 Å². The second kappa shape index (κ2) is 7.30. The number of hydrogen-bond donors (Lipinski definition) is 0. The van der Waals surface area contributed by atoms with Gasteiger partial charge in [0.2, 0.25) is 0 Å². The first-order valence-electron chi connectivity index (χ1n) is 8.68. The van der Waals surface area contributed by atoms with E-state index in [-0.39, 0.29) is 0 Å². The molecule has 0 aliphatic rings. The van der Waals surface area contributed by atoms with Gasteiger partial charge in [0, 0.05) is 0 Å². The third-order valence-electron chi connectivity index (χ3n) is 4.52. The van der Waals surface area contributed by atoms with Crippen LogP contribution in [0.2, 0.25) is 0 Å². The summed E-state index contributed by atoms with van der Waals surface area (Å²) >= 11 is 0. The van der Waals surface area contributed by atoms with Gasteiger partial charge in [-0.2, -0.15) is 13.2 Å². The van der Waals surface area contributed by atoms with Gasteiger partial charge in [-0.25, -0.2) is 0 Å². The highest BCUT2D eigenvalue weighted by atomic mass is 19.4. The summed E-state index contributed by atoms with van der Waals surface area (Å²) in [6.45, 7) is 2.20. The summed E-state index contributed by atoms with van der Waals surface area (Å²) in [5.74, 6) is 0. The Labute approximate surface area is 146 Å². The number of halogens is 3. The van der Waals surface area contributed by atoms with Crippen molar-refractivity contribution in [2.24, 2.45) is 0 Å². The summed E-state index contributed by atoms with van der Waals surface area (Å²) in [5.41, 5.74) is 2.44. The van der Waals surface area contributed by atoms with Gasteiger partial charge in [-0.05, 0) is 58.5 Å². The van der Waals surface area contributed by atoms with Crippen LogP contribution in [0.1, 0.15) is 37.3 Å². The minimum absolute atomic E-state index is 0.617. The molecule has 0 fully saturated rings. The minimum atomic E-state index is -4.30. The van der Waals surface area contributed by atoms with Gasteiger partial charge in [0.15, 0.2) is 0 Å². The largest absolute Gasteiger partial charge is 0.416 e. The molecule has 0 radical (unpaired) electrons. The quantitative estimate of drug-likeness (QED) is 0.428. The molecule has 0 spiro atoms. The van der Waals surface area contributed by atoms with Crippen LogP contribution >= 0.6 is 0 Å². The number of fused-ring (bicyclic) bond motifs is 1. The molecule has 0 aliphatic carbocycles. The Hall–Kier alpha value is -2.29. The van der Waals surface area contributed by atoms with Gasteiger partial charge in [-0.3, -0.25) is 0 Å². The molecule has 3 heteroatoms. The van der Waals surface area contributed by atoms with Gasteiger partial charge in [0.05, 0.1) is 5.56 Å². The van der Waals surface area contributed by atoms with Crippen LogP contribution in [0.4, 0.5) is 13.2 Å². The molecule has 3 aromatic rings. The second-order valence-electron chi connectivity index (χ2n) is 6.43. The van der Waals surface area contributed by atoms with E-state index in [2.05, 4.69) is 25.1 Å². The number of benzene rings is 3. The lowest BCUT2D eigenvalue weighted by molar-refractivity contribution is -0.137. The molecule has 0 amide bonds. The van der Waals surface area contributed by atoms with E-state index in [9.17, 15) is 13.2 Å². The summed E-state index contributed by atoms with van der Waals surface area (Å²) in [5, 5.41) is 2.28. The van der Waals surface area contributed by atoms with E-state index in [0.717, 1.165) is 35.1 Å². The van der Waals surface area contributed by atoms with Crippen LogP contribution in [-0.2, 0) is 12.6 Å². The Morgan fingerprint density at radius 1 is 0.720 bits per heavy atom. The molecule has 3 rings (SSSR count). The average Bonchev–Trinajstić information content (AvgIpc) is 2.61. The maximum Gasteiger partial charge on any atom is 0.416 e. The number of aryl methyl sites for hydroxylation is 1. The standard InChI is InChI=1S/C22H21F3/c1-2-3-4-5-16-6-7-20-15-19(9-8-18(20)14-16)17-10-12-21(13-11-17)22(23,24)25/h6-15H,2-5H2,1H3. The van der Waals surface area contributed by atoms with E-state index >= 15 is 0 Å². The molecule has 0 nitrogen and oxygen atoms in total. The predicted molar refractivity (Wildman–Crippen MR) is 97.6 cm³/mol. The van der Waals surface area contributed by atoms with E-state index in [1.54, 1.807) is 0 Å². The topological polar surface area (TPSA) is 0 Å². The minimum Gasteiger partial charge on any atom is -0.166 e. The van der Waals surface area contributed by atoms with Gasteiger partial charge in [-0.1, -0.05) is 62.2 Å². The molecule has 25 heavy (non-hydrogen) atoms. The van der Waals surface area contributed by atoms with Crippen molar-refractivity contribution in [2.45, 2.75) is 38.8 Å². The van der Waals surface area contributed by atoms with Crippen LogP contribution in [0.5, 0.6) is 0 Å².